The van der Waals surface area contributed by atoms with Crippen molar-refractivity contribution >= 4 is 44.9 Å². The minimum absolute atomic E-state index is 0.00828. The molecule has 3 heterocycles. The number of hydrogen-bond acceptors (Lipinski definition) is 9. The molecule has 11 nitrogen and oxygen atoms in total. The Morgan fingerprint density at radius 2 is 1.60 bits per heavy atom. The molecule has 0 bridgehead atoms. The fraction of sp³-hybridized carbons (Fsp3) is 0.379. The van der Waals surface area contributed by atoms with Crippen molar-refractivity contribution in [1.82, 2.24) is 24.7 Å². The number of rotatable bonds is 8. The smallest absolute Gasteiger partial charge is 0.326 e. The molecule has 1 N–H and O–H groups in total. The van der Waals surface area contributed by atoms with Crippen molar-refractivity contribution in [3.05, 3.63) is 81.5 Å². The average molecular weight is 648 g/mol. The molecule has 0 aliphatic carbocycles. The second kappa shape index (κ2) is 13.0. The first-order chi connectivity index (χ1) is 20.5. The van der Waals surface area contributed by atoms with E-state index < -0.39 is 21.9 Å². The van der Waals surface area contributed by atoms with Crippen LogP contribution in [0.4, 0.5) is 4.79 Å². The number of carbonyl (C=O) groups excluding carboxylic acids is 1. The lowest BCUT2D eigenvalue weighted by atomic mass is 9.94. The van der Waals surface area contributed by atoms with Crippen LogP contribution in [0.15, 0.2) is 59.7 Å². The van der Waals surface area contributed by atoms with E-state index in [9.17, 15) is 18.3 Å². The third-order valence-corrected chi connectivity index (χ3v) is 8.81. The largest absolute Gasteiger partial charge is 0.493 e. The number of urea groups is 1. The number of amidine groups is 1. The van der Waals surface area contributed by atoms with Crippen LogP contribution in [0.2, 0.25) is 10.0 Å². The van der Waals surface area contributed by atoms with E-state index in [1.165, 1.54) is 12.5 Å². The SMILES string of the molecule is CCOc1ncc(C2=N[C@@H](c3ccc(Cl)cc3)[C@@H](c3ccc(Cl)cc3)N2C(=O)N2CCN(CCS(C)(=O)=O)CC2)c(O)n1. The maximum Gasteiger partial charge on any atom is 0.326 e. The lowest BCUT2D eigenvalue weighted by Gasteiger charge is -2.39. The molecule has 5 rings (SSSR count). The predicted molar refractivity (Wildman–Crippen MR) is 165 cm³/mol. The van der Waals surface area contributed by atoms with Crippen molar-refractivity contribution in [2.45, 2.75) is 19.0 Å². The summed E-state index contributed by atoms with van der Waals surface area (Å²) in [6, 6.07) is 13.0. The number of aliphatic imine (C=N–C) groups is 1. The van der Waals surface area contributed by atoms with Crippen molar-refractivity contribution in [2.24, 2.45) is 4.99 Å². The number of halogens is 2. The zero-order chi connectivity index (χ0) is 30.7. The minimum Gasteiger partial charge on any atom is -0.493 e. The number of nitrogens with zero attached hydrogens (tertiary/aromatic N) is 6. The highest BCUT2D eigenvalue weighted by Crippen LogP contribution is 2.45. The first kappa shape index (κ1) is 31.0. The number of benzene rings is 2. The van der Waals surface area contributed by atoms with Crippen LogP contribution in [0.5, 0.6) is 11.9 Å². The molecule has 228 valence electrons. The molecule has 1 fully saturated rings. The summed E-state index contributed by atoms with van der Waals surface area (Å²) in [4.78, 5) is 33.1. The van der Waals surface area contributed by atoms with Crippen molar-refractivity contribution in [3.8, 4) is 11.9 Å². The first-order valence-electron chi connectivity index (χ1n) is 13.8. The predicted octanol–water partition coefficient (Wildman–Crippen LogP) is 4.21. The number of aromatic nitrogens is 2. The Kier molecular flexibility index (Phi) is 9.40. The molecule has 2 amide bonds. The van der Waals surface area contributed by atoms with Crippen LogP contribution in [0.25, 0.3) is 0 Å². The van der Waals surface area contributed by atoms with Crippen molar-refractivity contribution in [2.75, 3.05) is 51.3 Å². The molecule has 1 saturated heterocycles. The Balaban J connectivity index is 1.55. The van der Waals surface area contributed by atoms with Gasteiger partial charge < -0.3 is 14.7 Å². The number of piperazine rings is 1. The highest BCUT2D eigenvalue weighted by Gasteiger charge is 2.45. The number of sulfone groups is 1. The number of carbonyl (C=O) groups is 1. The Morgan fingerprint density at radius 1 is 1.00 bits per heavy atom. The fourth-order valence-electron chi connectivity index (χ4n) is 5.18. The number of aromatic hydroxyl groups is 1. The van der Waals surface area contributed by atoms with Gasteiger partial charge in [0, 0.05) is 55.2 Å². The third-order valence-electron chi connectivity index (χ3n) is 7.38. The molecule has 1 aromatic heterocycles. The summed E-state index contributed by atoms with van der Waals surface area (Å²) in [6.45, 7) is 4.31. The lowest BCUT2D eigenvalue weighted by Crippen LogP contribution is -2.54. The van der Waals surface area contributed by atoms with Gasteiger partial charge in [-0.25, -0.2) is 18.2 Å². The van der Waals surface area contributed by atoms with Gasteiger partial charge in [0.05, 0.1) is 24.0 Å². The number of amides is 2. The maximum absolute atomic E-state index is 14.4. The van der Waals surface area contributed by atoms with E-state index in [0.29, 0.717) is 49.4 Å². The van der Waals surface area contributed by atoms with E-state index in [1.54, 1.807) is 41.0 Å². The zero-order valence-corrected chi connectivity index (χ0v) is 26.1. The van der Waals surface area contributed by atoms with E-state index in [0.717, 1.165) is 11.1 Å². The molecule has 2 aromatic carbocycles. The van der Waals surface area contributed by atoms with Crippen molar-refractivity contribution < 1.29 is 23.1 Å². The highest BCUT2D eigenvalue weighted by molar-refractivity contribution is 7.90. The van der Waals surface area contributed by atoms with Gasteiger partial charge >= 0.3 is 12.0 Å². The van der Waals surface area contributed by atoms with E-state index in [-0.39, 0.29) is 35.1 Å². The number of hydrogen-bond donors (Lipinski definition) is 1. The van der Waals surface area contributed by atoms with E-state index in [1.807, 2.05) is 29.2 Å². The standard InChI is InChI=1S/C29H32Cl2N6O5S/c1-3-42-28-32-18-23(27(38)34-28)26-33-24(19-4-8-21(30)9-5-19)25(20-6-10-22(31)11-7-20)37(26)29(39)36-14-12-35(13-15-36)16-17-43(2,40)41/h4-11,18,24-25H,3,12-17H2,1-2H3,(H,32,34,38)/t24-,25+/m0/s1. The van der Waals surface area contributed by atoms with Gasteiger partial charge in [-0.05, 0) is 42.3 Å². The summed E-state index contributed by atoms with van der Waals surface area (Å²) in [5.41, 5.74) is 1.78. The summed E-state index contributed by atoms with van der Waals surface area (Å²) >= 11 is 12.4. The molecule has 0 unspecified atom stereocenters. The molecule has 0 spiro atoms. The van der Waals surface area contributed by atoms with Crippen LogP contribution in [0.1, 0.15) is 35.7 Å². The Bertz CT molecular complexity index is 1600. The average Bonchev–Trinajstić information content (AvgIpc) is 3.37. The van der Waals surface area contributed by atoms with E-state index in [4.69, 9.17) is 32.9 Å². The van der Waals surface area contributed by atoms with Crippen LogP contribution >= 0.6 is 23.2 Å². The van der Waals surface area contributed by atoms with Crippen LogP contribution in [-0.4, -0.2) is 101 Å². The van der Waals surface area contributed by atoms with Gasteiger partial charge in [-0.1, -0.05) is 47.5 Å². The molecule has 3 aromatic rings. The summed E-state index contributed by atoms with van der Waals surface area (Å²) in [7, 11) is -3.10. The third kappa shape index (κ3) is 7.20. The monoisotopic (exact) mass is 646 g/mol. The van der Waals surface area contributed by atoms with Crippen LogP contribution in [0.3, 0.4) is 0 Å². The summed E-state index contributed by atoms with van der Waals surface area (Å²) < 4.78 is 28.7. The van der Waals surface area contributed by atoms with Crippen molar-refractivity contribution in [1.29, 1.82) is 0 Å². The highest BCUT2D eigenvalue weighted by atomic mass is 35.5. The van der Waals surface area contributed by atoms with Gasteiger partial charge in [0.15, 0.2) is 0 Å². The topological polar surface area (TPSA) is 129 Å². The first-order valence-corrected chi connectivity index (χ1v) is 16.6. The Morgan fingerprint density at radius 3 is 2.16 bits per heavy atom. The molecule has 2 aliphatic rings. The fourth-order valence-corrected chi connectivity index (χ4v) is 6.02. The maximum atomic E-state index is 14.4. The molecular weight excluding hydrogens is 615 g/mol. The molecule has 43 heavy (non-hydrogen) atoms. The minimum atomic E-state index is -3.10. The zero-order valence-electron chi connectivity index (χ0n) is 23.7. The second-order valence-corrected chi connectivity index (χ2v) is 13.5. The van der Waals surface area contributed by atoms with Gasteiger partial charge in [-0.2, -0.15) is 4.98 Å². The molecular formula is C29H32Cl2N6O5S. The molecule has 0 saturated carbocycles. The van der Waals surface area contributed by atoms with Crippen molar-refractivity contribution in [3.63, 3.8) is 0 Å². The Hall–Kier alpha value is -3.45. The summed E-state index contributed by atoms with van der Waals surface area (Å²) in [5.74, 6) is -0.0976. The van der Waals surface area contributed by atoms with Crippen LogP contribution in [-0.2, 0) is 9.84 Å². The Labute approximate surface area is 260 Å². The van der Waals surface area contributed by atoms with Gasteiger partial charge in [0.25, 0.3) is 0 Å². The molecule has 2 atom stereocenters. The number of ether oxygens (including phenoxy) is 1. The molecule has 14 heteroatoms. The van der Waals surface area contributed by atoms with Crippen LogP contribution in [0, 0.1) is 0 Å². The van der Waals surface area contributed by atoms with Gasteiger partial charge in [-0.3, -0.25) is 14.8 Å². The van der Waals surface area contributed by atoms with Gasteiger partial charge in [0.1, 0.15) is 21.7 Å². The van der Waals surface area contributed by atoms with Gasteiger partial charge in [0.2, 0.25) is 5.88 Å². The molecule has 0 radical (unpaired) electrons. The van der Waals surface area contributed by atoms with E-state index in [2.05, 4.69) is 9.97 Å². The summed E-state index contributed by atoms with van der Waals surface area (Å²) in [5, 5.41) is 12.1. The lowest BCUT2D eigenvalue weighted by molar-refractivity contribution is 0.122. The van der Waals surface area contributed by atoms with Crippen LogP contribution < -0.4 is 4.74 Å². The summed E-state index contributed by atoms with van der Waals surface area (Å²) in [6.07, 6.45) is 2.62. The second-order valence-electron chi connectivity index (χ2n) is 10.4. The van der Waals surface area contributed by atoms with Gasteiger partial charge in [-0.15, -0.1) is 0 Å². The molecule has 2 aliphatic heterocycles. The quantitative estimate of drug-likeness (QED) is 0.385. The normalized spacial score (nSPS) is 19.4. The van der Waals surface area contributed by atoms with E-state index >= 15 is 0 Å².